The molecule has 0 radical (unpaired) electrons. The zero-order chi connectivity index (χ0) is 13.8. The van der Waals surface area contributed by atoms with Crippen molar-refractivity contribution in [1.82, 2.24) is 4.90 Å². The van der Waals surface area contributed by atoms with Crippen molar-refractivity contribution in [3.05, 3.63) is 28.0 Å². The largest absolute Gasteiger partial charge is 0.390 e. The number of rotatable bonds is 5. The molecular formula is C14H20BrFN2O. The van der Waals surface area contributed by atoms with Gasteiger partial charge in [0.15, 0.2) is 0 Å². The Balaban J connectivity index is 1.85. The predicted molar refractivity (Wildman–Crippen MR) is 79.0 cm³/mol. The fourth-order valence-corrected chi connectivity index (χ4v) is 2.85. The third kappa shape index (κ3) is 4.16. The quantitative estimate of drug-likeness (QED) is 0.871. The van der Waals surface area contributed by atoms with Crippen LogP contribution in [0.25, 0.3) is 0 Å². The molecule has 5 heteroatoms. The number of aryl methyl sites for hydroxylation is 1. The highest BCUT2D eigenvalue weighted by Gasteiger charge is 2.15. The minimum Gasteiger partial charge on any atom is -0.390 e. The number of β-amino-alcohol motifs (C(OH)–C–C–N with tert-alkyl or cyclic N) is 1. The number of aliphatic hydroxyl groups is 1. The Bertz CT molecular complexity index is 436. The Labute approximate surface area is 121 Å². The van der Waals surface area contributed by atoms with Gasteiger partial charge in [-0.1, -0.05) is 0 Å². The molecule has 0 aromatic heterocycles. The van der Waals surface area contributed by atoms with E-state index in [1.165, 1.54) is 18.9 Å². The van der Waals surface area contributed by atoms with E-state index >= 15 is 0 Å². The average molecular weight is 331 g/mol. The summed E-state index contributed by atoms with van der Waals surface area (Å²) in [4.78, 5) is 2.27. The van der Waals surface area contributed by atoms with Gasteiger partial charge in [0.05, 0.1) is 10.6 Å². The lowest BCUT2D eigenvalue weighted by Gasteiger charge is -2.20. The fourth-order valence-electron chi connectivity index (χ4n) is 2.39. The van der Waals surface area contributed by atoms with Crippen molar-refractivity contribution in [3.8, 4) is 0 Å². The summed E-state index contributed by atoms with van der Waals surface area (Å²) in [6, 6.07) is 3.20. The number of hydrogen-bond donors (Lipinski definition) is 2. The summed E-state index contributed by atoms with van der Waals surface area (Å²) in [5, 5.41) is 13.1. The molecule has 1 heterocycles. The van der Waals surface area contributed by atoms with E-state index in [1.807, 2.05) is 6.92 Å². The minimum atomic E-state index is -0.427. The van der Waals surface area contributed by atoms with Crippen LogP contribution in [-0.2, 0) is 0 Å². The highest BCUT2D eigenvalue weighted by atomic mass is 79.9. The molecule has 0 saturated carbocycles. The number of likely N-dealkylation sites (tertiary alicyclic amines) is 1. The molecule has 1 atom stereocenters. The first-order valence-corrected chi connectivity index (χ1v) is 7.45. The molecule has 0 bridgehead atoms. The second-order valence-electron chi connectivity index (χ2n) is 5.12. The van der Waals surface area contributed by atoms with E-state index in [-0.39, 0.29) is 5.82 Å². The zero-order valence-electron chi connectivity index (χ0n) is 11.1. The van der Waals surface area contributed by atoms with Gasteiger partial charge in [-0.25, -0.2) is 4.39 Å². The molecule has 0 amide bonds. The molecule has 1 aromatic carbocycles. The summed E-state index contributed by atoms with van der Waals surface area (Å²) in [5.74, 6) is -0.290. The van der Waals surface area contributed by atoms with E-state index in [0.717, 1.165) is 24.3 Å². The number of nitrogens with one attached hydrogen (secondary N) is 1. The molecular weight excluding hydrogens is 311 g/mol. The molecule has 1 unspecified atom stereocenters. The third-order valence-corrected chi connectivity index (χ3v) is 4.07. The lowest BCUT2D eigenvalue weighted by atomic mass is 10.2. The molecule has 106 valence electrons. The van der Waals surface area contributed by atoms with Crippen LogP contribution < -0.4 is 5.32 Å². The Hall–Kier alpha value is -0.650. The van der Waals surface area contributed by atoms with Crippen LogP contribution in [0.5, 0.6) is 0 Å². The second-order valence-corrected chi connectivity index (χ2v) is 5.98. The number of halogens is 2. The first-order chi connectivity index (χ1) is 9.06. The molecule has 1 aliphatic heterocycles. The molecule has 2 N–H and O–H groups in total. The van der Waals surface area contributed by atoms with Gasteiger partial charge in [0, 0.05) is 18.8 Å². The molecule has 1 aromatic rings. The van der Waals surface area contributed by atoms with Crippen molar-refractivity contribution in [1.29, 1.82) is 0 Å². The van der Waals surface area contributed by atoms with Crippen LogP contribution in [0.15, 0.2) is 16.6 Å². The summed E-state index contributed by atoms with van der Waals surface area (Å²) < 4.78 is 13.9. The van der Waals surface area contributed by atoms with Gasteiger partial charge in [0.25, 0.3) is 0 Å². The number of anilines is 1. The maximum absolute atomic E-state index is 13.5. The highest BCUT2D eigenvalue weighted by molar-refractivity contribution is 9.10. The monoisotopic (exact) mass is 330 g/mol. The molecule has 0 spiro atoms. The highest BCUT2D eigenvalue weighted by Crippen LogP contribution is 2.23. The van der Waals surface area contributed by atoms with E-state index < -0.39 is 6.10 Å². The van der Waals surface area contributed by atoms with Crippen LogP contribution in [0.1, 0.15) is 18.4 Å². The number of benzene rings is 1. The molecule has 0 aliphatic carbocycles. The standard InChI is InChI=1S/C14H20BrFN2O/c1-10-6-12(15)13(16)7-14(10)17-8-11(19)9-18-4-2-3-5-18/h6-7,11,17,19H,2-5,8-9H2,1H3. The topological polar surface area (TPSA) is 35.5 Å². The second kappa shape index (κ2) is 6.68. The maximum Gasteiger partial charge on any atom is 0.139 e. The van der Waals surface area contributed by atoms with Crippen LogP contribution in [0.2, 0.25) is 0 Å². The zero-order valence-corrected chi connectivity index (χ0v) is 12.7. The Morgan fingerprint density at radius 1 is 1.42 bits per heavy atom. The molecule has 2 rings (SSSR count). The van der Waals surface area contributed by atoms with Gasteiger partial charge in [0.2, 0.25) is 0 Å². The summed E-state index contributed by atoms with van der Waals surface area (Å²) >= 11 is 3.16. The van der Waals surface area contributed by atoms with Crippen LogP contribution in [-0.4, -0.2) is 42.3 Å². The Morgan fingerprint density at radius 2 is 2.11 bits per heavy atom. The van der Waals surface area contributed by atoms with Gasteiger partial charge in [-0.05, 0) is 66.5 Å². The van der Waals surface area contributed by atoms with Gasteiger partial charge in [-0.2, -0.15) is 0 Å². The molecule has 1 aliphatic rings. The van der Waals surface area contributed by atoms with Crippen molar-refractivity contribution in [2.24, 2.45) is 0 Å². The van der Waals surface area contributed by atoms with E-state index in [0.29, 0.717) is 17.6 Å². The van der Waals surface area contributed by atoms with Gasteiger partial charge < -0.3 is 15.3 Å². The lowest BCUT2D eigenvalue weighted by Crippen LogP contribution is -2.34. The van der Waals surface area contributed by atoms with Crippen molar-refractivity contribution in [2.45, 2.75) is 25.9 Å². The minimum absolute atomic E-state index is 0.290. The predicted octanol–water partition coefficient (Wildman–Crippen LogP) is 2.77. The summed E-state index contributed by atoms with van der Waals surface area (Å²) in [6.07, 6.45) is 2.01. The first kappa shape index (κ1) is 14.8. The van der Waals surface area contributed by atoms with Crippen LogP contribution >= 0.6 is 15.9 Å². The smallest absolute Gasteiger partial charge is 0.139 e. The molecule has 19 heavy (non-hydrogen) atoms. The summed E-state index contributed by atoms with van der Waals surface area (Å²) in [6.45, 7) is 5.19. The van der Waals surface area contributed by atoms with E-state index in [2.05, 4.69) is 26.1 Å². The van der Waals surface area contributed by atoms with Crippen LogP contribution in [0, 0.1) is 12.7 Å². The van der Waals surface area contributed by atoms with Gasteiger partial charge >= 0.3 is 0 Å². The average Bonchev–Trinajstić information content (AvgIpc) is 2.85. The van der Waals surface area contributed by atoms with Crippen molar-refractivity contribution < 1.29 is 9.50 Å². The Kier molecular flexibility index (Phi) is 5.19. The summed E-state index contributed by atoms with van der Waals surface area (Å²) in [7, 11) is 0. The molecule has 1 fully saturated rings. The third-order valence-electron chi connectivity index (χ3n) is 3.46. The van der Waals surface area contributed by atoms with Gasteiger partial charge in [-0.15, -0.1) is 0 Å². The normalized spacial score (nSPS) is 17.7. The first-order valence-electron chi connectivity index (χ1n) is 6.66. The Morgan fingerprint density at radius 3 is 2.79 bits per heavy atom. The molecule has 1 saturated heterocycles. The van der Waals surface area contributed by atoms with E-state index in [4.69, 9.17) is 0 Å². The molecule has 3 nitrogen and oxygen atoms in total. The number of aliphatic hydroxyl groups excluding tert-OH is 1. The van der Waals surface area contributed by atoms with Gasteiger partial charge in [0.1, 0.15) is 5.82 Å². The van der Waals surface area contributed by atoms with Crippen LogP contribution in [0.4, 0.5) is 10.1 Å². The fraction of sp³-hybridized carbons (Fsp3) is 0.571. The van der Waals surface area contributed by atoms with Crippen LogP contribution in [0.3, 0.4) is 0 Å². The summed E-state index contributed by atoms with van der Waals surface area (Å²) in [5.41, 5.74) is 1.70. The lowest BCUT2D eigenvalue weighted by molar-refractivity contribution is 0.135. The SMILES string of the molecule is Cc1cc(Br)c(F)cc1NCC(O)CN1CCCC1. The van der Waals surface area contributed by atoms with Crippen molar-refractivity contribution >= 4 is 21.6 Å². The van der Waals surface area contributed by atoms with E-state index in [1.54, 1.807) is 6.07 Å². The number of hydrogen-bond acceptors (Lipinski definition) is 3. The van der Waals surface area contributed by atoms with E-state index in [9.17, 15) is 9.50 Å². The van der Waals surface area contributed by atoms with Crippen molar-refractivity contribution in [3.63, 3.8) is 0 Å². The van der Waals surface area contributed by atoms with Crippen molar-refractivity contribution in [2.75, 3.05) is 31.5 Å². The maximum atomic E-state index is 13.5. The number of nitrogens with zero attached hydrogens (tertiary/aromatic N) is 1. The van der Waals surface area contributed by atoms with Gasteiger partial charge in [-0.3, -0.25) is 0 Å².